The zero-order chi connectivity index (χ0) is 16.8. The summed E-state index contributed by atoms with van der Waals surface area (Å²) in [5.41, 5.74) is 1.21. The van der Waals surface area contributed by atoms with Gasteiger partial charge in [0.2, 0.25) is 0 Å². The lowest BCUT2D eigenvalue weighted by Crippen LogP contribution is -2.34. The van der Waals surface area contributed by atoms with Crippen LogP contribution in [0.5, 0.6) is 0 Å². The van der Waals surface area contributed by atoms with E-state index in [4.69, 9.17) is 16.6 Å². The van der Waals surface area contributed by atoms with E-state index in [2.05, 4.69) is 16.0 Å². The van der Waals surface area contributed by atoms with E-state index >= 15 is 0 Å². The first-order valence-corrected chi connectivity index (χ1v) is 7.43. The Kier molecular flexibility index (Phi) is 5.48. The monoisotopic (exact) mass is 331 g/mol. The van der Waals surface area contributed by atoms with Gasteiger partial charge in [-0.15, -0.1) is 0 Å². The van der Waals surface area contributed by atoms with E-state index in [-0.39, 0.29) is 22.8 Å². The quantitative estimate of drug-likeness (QED) is 0.750. The molecule has 0 radical (unpaired) electrons. The lowest BCUT2D eigenvalue weighted by Gasteiger charge is -2.10. The third-order valence-corrected chi connectivity index (χ3v) is 3.00. The van der Waals surface area contributed by atoms with Crippen LogP contribution >= 0.6 is 12.2 Å². The number of carbonyl (C=O) groups excluding carboxylic acids is 2. The van der Waals surface area contributed by atoms with Gasteiger partial charge in [-0.25, -0.2) is 0 Å². The van der Waals surface area contributed by atoms with Gasteiger partial charge in [-0.1, -0.05) is 0 Å². The van der Waals surface area contributed by atoms with Gasteiger partial charge in [-0.3, -0.25) is 14.9 Å². The maximum absolute atomic E-state index is 11.8. The number of benzene rings is 1. The van der Waals surface area contributed by atoms with E-state index in [0.717, 1.165) is 0 Å². The van der Waals surface area contributed by atoms with E-state index in [1.54, 1.807) is 36.4 Å². The van der Waals surface area contributed by atoms with Crippen LogP contribution in [-0.4, -0.2) is 23.0 Å². The molecule has 6 nitrogen and oxygen atoms in total. The van der Waals surface area contributed by atoms with Crippen molar-refractivity contribution in [3.05, 3.63) is 54.0 Å². The molecule has 2 aromatic rings. The molecule has 0 bridgehead atoms. The van der Waals surface area contributed by atoms with E-state index in [0.29, 0.717) is 11.3 Å². The average Bonchev–Trinajstić information content (AvgIpc) is 3.01. The molecule has 1 aromatic carbocycles. The van der Waals surface area contributed by atoms with Crippen LogP contribution in [0.1, 0.15) is 34.8 Å². The number of carbonyl (C=O) groups is 2. The summed E-state index contributed by atoms with van der Waals surface area (Å²) in [6, 6.07) is 10.0. The van der Waals surface area contributed by atoms with Gasteiger partial charge in [0.05, 0.1) is 6.26 Å². The van der Waals surface area contributed by atoms with Crippen LogP contribution in [0.2, 0.25) is 0 Å². The minimum Gasteiger partial charge on any atom is -0.459 e. The number of hydrogen-bond acceptors (Lipinski definition) is 4. The summed E-state index contributed by atoms with van der Waals surface area (Å²) in [7, 11) is 0. The fraction of sp³-hybridized carbons (Fsp3) is 0.188. The topological polar surface area (TPSA) is 83.4 Å². The average molecular weight is 331 g/mol. The third-order valence-electron chi connectivity index (χ3n) is 2.80. The van der Waals surface area contributed by atoms with E-state index in [1.807, 2.05) is 13.8 Å². The Labute approximate surface area is 139 Å². The normalized spacial score (nSPS) is 10.2. The molecule has 0 saturated heterocycles. The van der Waals surface area contributed by atoms with Gasteiger partial charge in [0.25, 0.3) is 11.8 Å². The van der Waals surface area contributed by atoms with Crippen molar-refractivity contribution in [2.45, 2.75) is 19.9 Å². The molecule has 0 atom stereocenters. The number of amides is 2. The van der Waals surface area contributed by atoms with Crippen LogP contribution in [0, 0.1) is 0 Å². The smallest absolute Gasteiger partial charge is 0.293 e. The number of thiocarbonyl (C=S) groups is 1. The summed E-state index contributed by atoms with van der Waals surface area (Å²) in [6.07, 6.45) is 1.41. The standard InChI is InChI=1S/C16H17N3O3S/c1-10(2)17-14(20)11-5-7-12(8-6-11)18-16(23)19-15(21)13-4-3-9-22-13/h3-10H,1-2H3,(H,17,20)(H2,18,19,21,23). The fourth-order valence-corrected chi connectivity index (χ4v) is 2.00. The molecule has 1 heterocycles. The van der Waals surface area contributed by atoms with Crippen molar-refractivity contribution in [2.75, 3.05) is 5.32 Å². The Morgan fingerprint density at radius 3 is 2.35 bits per heavy atom. The van der Waals surface area contributed by atoms with E-state index in [9.17, 15) is 9.59 Å². The maximum Gasteiger partial charge on any atom is 0.293 e. The second-order valence-electron chi connectivity index (χ2n) is 5.09. The van der Waals surface area contributed by atoms with Crippen molar-refractivity contribution in [1.82, 2.24) is 10.6 Å². The molecular formula is C16H17N3O3S. The lowest BCUT2D eigenvalue weighted by molar-refractivity contribution is 0.0938. The van der Waals surface area contributed by atoms with Gasteiger partial charge in [0, 0.05) is 17.3 Å². The van der Waals surface area contributed by atoms with Gasteiger partial charge < -0.3 is 15.1 Å². The first-order chi connectivity index (χ1) is 11.0. The SMILES string of the molecule is CC(C)NC(=O)c1ccc(NC(=S)NC(=O)c2ccco2)cc1. The highest BCUT2D eigenvalue weighted by Gasteiger charge is 2.11. The Morgan fingerprint density at radius 2 is 1.78 bits per heavy atom. The van der Waals surface area contributed by atoms with Crippen LogP contribution < -0.4 is 16.0 Å². The number of hydrogen-bond donors (Lipinski definition) is 3. The fourth-order valence-electron chi connectivity index (χ4n) is 1.79. The number of nitrogens with one attached hydrogen (secondary N) is 3. The summed E-state index contributed by atoms with van der Waals surface area (Å²) >= 11 is 5.06. The zero-order valence-corrected chi connectivity index (χ0v) is 13.6. The summed E-state index contributed by atoms with van der Waals surface area (Å²) < 4.78 is 4.98. The first-order valence-electron chi connectivity index (χ1n) is 7.02. The van der Waals surface area contributed by atoms with Crippen molar-refractivity contribution in [2.24, 2.45) is 0 Å². The van der Waals surface area contributed by atoms with Gasteiger partial charge in [-0.2, -0.15) is 0 Å². The molecule has 2 amide bonds. The molecule has 1 aromatic heterocycles. The van der Waals surface area contributed by atoms with Crippen molar-refractivity contribution in [3.63, 3.8) is 0 Å². The van der Waals surface area contributed by atoms with Crippen molar-refractivity contribution in [3.8, 4) is 0 Å². The molecule has 0 unspecified atom stereocenters. The van der Waals surface area contributed by atoms with Gasteiger partial charge in [0.1, 0.15) is 0 Å². The highest BCUT2D eigenvalue weighted by Crippen LogP contribution is 2.10. The second kappa shape index (κ2) is 7.55. The largest absolute Gasteiger partial charge is 0.459 e. The molecule has 23 heavy (non-hydrogen) atoms. The molecule has 0 saturated carbocycles. The summed E-state index contributed by atoms with van der Waals surface area (Å²) in [5, 5.41) is 8.32. The van der Waals surface area contributed by atoms with Gasteiger partial charge in [-0.05, 0) is 62.5 Å². The molecule has 0 fully saturated rings. The molecule has 0 aliphatic heterocycles. The molecule has 0 aliphatic rings. The number of rotatable bonds is 4. The minimum atomic E-state index is -0.430. The molecule has 2 rings (SSSR count). The van der Waals surface area contributed by atoms with E-state index in [1.165, 1.54) is 6.26 Å². The molecule has 3 N–H and O–H groups in total. The number of anilines is 1. The van der Waals surface area contributed by atoms with Crippen LogP contribution in [0.4, 0.5) is 5.69 Å². The predicted octanol–water partition coefficient (Wildman–Crippen LogP) is 2.54. The third kappa shape index (κ3) is 4.93. The minimum absolute atomic E-state index is 0.0738. The number of furan rings is 1. The maximum atomic E-state index is 11.8. The van der Waals surface area contributed by atoms with Crippen LogP contribution in [-0.2, 0) is 0 Å². The zero-order valence-electron chi connectivity index (χ0n) is 12.8. The van der Waals surface area contributed by atoms with Crippen molar-refractivity contribution in [1.29, 1.82) is 0 Å². The highest BCUT2D eigenvalue weighted by molar-refractivity contribution is 7.80. The molecule has 7 heteroatoms. The molecule has 120 valence electrons. The Balaban J connectivity index is 1.91. The second-order valence-corrected chi connectivity index (χ2v) is 5.50. The van der Waals surface area contributed by atoms with Crippen molar-refractivity contribution < 1.29 is 14.0 Å². The first kappa shape index (κ1) is 16.7. The van der Waals surface area contributed by atoms with E-state index < -0.39 is 5.91 Å². The van der Waals surface area contributed by atoms with Crippen molar-refractivity contribution >= 4 is 34.8 Å². The van der Waals surface area contributed by atoms with Crippen LogP contribution in [0.15, 0.2) is 47.1 Å². The highest BCUT2D eigenvalue weighted by atomic mass is 32.1. The Bertz CT molecular complexity index is 694. The Hall–Kier alpha value is -2.67. The van der Waals surface area contributed by atoms with Gasteiger partial charge in [0.15, 0.2) is 10.9 Å². The summed E-state index contributed by atoms with van der Waals surface area (Å²) in [4.78, 5) is 23.6. The summed E-state index contributed by atoms with van der Waals surface area (Å²) in [5.74, 6) is -0.393. The lowest BCUT2D eigenvalue weighted by atomic mass is 10.2. The van der Waals surface area contributed by atoms with Gasteiger partial charge >= 0.3 is 0 Å². The molecule has 0 aliphatic carbocycles. The summed E-state index contributed by atoms with van der Waals surface area (Å²) in [6.45, 7) is 3.79. The van der Waals surface area contributed by atoms with Crippen LogP contribution in [0.25, 0.3) is 0 Å². The molecule has 0 spiro atoms. The molecular weight excluding hydrogens is 314 g/mol. The predicted molar refractivity (Wildman–Crippen MR) is 91.4 cm³/mol. The Morgan fingerprint density at radius 1 is 1.09 bits per heavy atom. The van der Waals surface area contributed by atoms with Crippen LogP contribution in [0.3, 0.4) is 0 Å².